The summed E-state index contributed by atoms with van der Waals surface area (Å²) in [6.45, 7) is 0.710. The van der Waals surface area contributed by atoms with E-state index >= 15 is 0 Å². The van der Waals surface area contributed by atoms with Crippen molar-refractivity contribution in [1.29, 1.82) is 0 Å². The van der Waals surface area contributed by atoms with Gasteiger partial charge in [-0.2, -0.15) is 0 Å². The number of hydrogen-bond donors (Lipinski definition) is 1. The van der Waals surface area contributed by atoms with Crippen molar-refractivity contribution < 1.29 is 0 Å². The lowest BCUT2D eigenvalue weighted by molar-refractivity contribution is 0.785. The molecule has 0 saturated carbocycles. The first-order chi connectivity index (χ1) is 9.86. The second-order valence-corrected chi connectivity index (χ2v) is 6.53. The highest BCUT2D eigenvalue weighted by Gasteiger charge is 2.13. The van der Waals surface area contributed by atoms with Crippen molar-refractivity contribution in [3.05, 3.63) is 65.2 Å². The first-order valence-corrected chi connectivity index (χ1v) is 8.35. The van der Waals surface area contributed by atoms with Crippen molar-refractivity contribution in [3.63, 3.8) is 0 Å². The average molecular weight is 283 g/mol. The molecule has 2 aromatic carbocycles. The Labute approximate surface area is 125 Å². The second-order valence-electron chi connectivity index (χ2n) is 5.44. The molecule has 0 radical (unpaired) electrons. The maximum atomic E-state index is 5.95. The van der Waals surface area contributed by atoms with Crippen molar-refractivity contribution in [2.45, 2.75) is 30.1 Å². The first kappa shape index (κ1) is 13.7. The number of hydrogen-bond acceptors (Lipinski definition) is 2. The Bertz CT molecular complexity index is 565. The summed E-state index contributed by atoms with van der Waals surface area (Å²) < 4.78 is 0. The molecule has 0 heterocycles. The van der Waals surface area contributed by atoms with Gasteiger partial charge in [-0.25, -0.2) is 0 Å². The monoisotopic (exact) mass is 283 g/mol. The van der Waals surface area contributed by atoms with E-state index in [0.717, 1.165) is 5.75 Å². The van der Waals surface area contributed by atoms with Crippen molar-refractivity contribution in [2.24, 2.45) is 5.73 Å². The number of rotatable bonds is 5. The molecule has 104 valence electrons. The lowest BCUT2D eigenvalue weighted by atomic mass is 10.0. The molecule has 0 aromatic heterocycles. The van der Waals surface area contributed by atoms with Crippen LogP contribution in [0.25, 0.3) is 0 Å². The van der Waals surface area contributed by atoms with Gasteiger partial charge >= 0.3 is 0 Å². The molecule has 3 rings (SSSR count). The van der Waals surface area contributed by atoms with Crippen LogP contribution in [0.3, 0.4) is 0 Å². The number of aryl methyl sites for hydroxylation is 2. The molecule has 0 fully saturated rings. The fourth-order valence-electron chi connectivity index (χ4n) is 2.86. The summed E-state index contributed by atoms with van der Waals surface area (Å²) in [4.78, 5) is 1.39. The molecule has 1 nitrogen and oxygen atoms in total. The predicted molar refractivity (Wildman–Crippen MR) is 87.4 cm³/mol. The lowest BCUT2D eigenvalue weighted by Gasteiger charge is -2.15. The van der Waals surface area contributed by atoms with E-state index in [9.17, 15) is 0 Å². The van der Waals surface area contributed by atoms with Crippen LogP contribution in [-0.2, 0) is 12.8 Å². The average Bonchev–Trinajstić information content (AvgIpc) is 2.96. The van der Waals surface area contributed by atoms with Crippen LogP contribution in [-0.4, -0.2) is 12.3 Å². The molecule has 0 amide bonds. The predicted octanol–water partition coefficient (Wildman–Crippen LogP) is 4.01. The molecular formula is C18H21NS. The van der Waals surface area contributed by atoms with E-state index in [0.29, 0.717) is 12.5 Å². The smallest absolute Gasteiger partial charge is 0.00751 e. The summed E-state index contributed by atoms with van der Waals surface area (Å²) in [5.74, 6) is 1.49. The van der Waals surface area contributed by atoms with Crippen LogP contribution < -0.4 is 5.73 Å². The molecule has 1 unspecified atom stereocenters. The summed E-state index contributed by atoms with van der Waals surface area (Å²) in [5.41, 5.74) is 10.4. The zero-order valence-corrected chi connectivity index (χ0v) is 12.5. The van der Waals surface area contributed by atoms with Crippen molar-refractivity contribution in [1.82, 2.24) is 0 Å². The molecule has 0 aliphatic heterocycles. The Morgan fingerprint density at radius 3 is 2.60 bits per heavy atom. The van der Waals surface area contributed by atoms with Gasteiger partial charge in [-0.1, -0.05) is 36.4 Å². The van der Waals surface area contributed by atoms with Gasteiger partial charge in [-0.05, 0) is 54.6 Å². The minimum Gasteiger partial charge on any atom is -0.330 e. The van der Waals surface area contributed by atoms with Gasteiger partial charge in [0.05, 0.1) is 0 Å². The number of benzene rings is 2. The maximum Gasteiger partial charge on any atom is 0.00751 e. The molecule has 1 aliphatic rings. The van der Waals surface area contributed by atoms with Gasteiger partial charge in [0.1, 0.15) is 0 Å². The van der Waals surface area contributed by atoms with Crippen LogP contribution in [0, 0.1) is 0 Å². The minimum atomic E-state index is 0.439. The van der Waals surface area contributed by atoms with Crippen LogP contribution >= 0.6 is 11.8 Å². The number of nitrogens with two attached hydrogens (primary N) is 1. The van der Waals surface area contributed by atoms with Gasteiger partial charge in [0.2, 0.25) is 0 Å². The largest absolute Gasteiger partial charge is 0.330 e. The Kier molecular flexibility index (Phi) is 4.44. The van der Waals surface area contributed by atoms with E-state index < -0.39 is 0 Å². The van der Waals surface area contributed by atoms with E-state index in [1.807, 2.05) is 11.8 Å². The Balaban J connectivity index is 1.66. The van der Waals surface area contributed by atoms with Crippen LogP contribution in [0.4, 0.5) is 0 Å². The third-order valence-corrected chi connectivity index (χ3v) is 5.23. The molecule has 2 N–H and O–H groups in total. The van der Waals surface area contributed by atoms with Gasteiger partial charge in [0.15, 0.2) is 0 Å². The SMILES string of the molecule is NCC(CSc1ccc2c(c1)CCC2)c1ccccc1. The van der Waals surface area contributed by atoms with Gasteiger partial charge in [0, 0.05) is 16.6 Å². The van der Waals surface area contributed by atoms with Gasteiger partial charge in [-0.3, -0.25) is 0 Å². The van der Waals surface area contributed by atoms with Crippen LogP contribution in [0.2, 0.25) is 0 Å². The molecule has 1 atom stereocenters. The minimum absolute atomic E-state index is 0.439. The third kappa shape index (κ3) is 3.08. The quantitative estimate of drug-likeness (QED) is 0.839. The van der Waals surface area contributed by atoms with E-state index in [1.165, 1.54) is 29.7 Å². The van der Waals surface area contributed by atoms with E-state index in [4.69, 9.17) is 5.73 Å². The highest BCUT2D eigenvalue weighted by atomic mass is 32.2. The highest BCUT2D eigenvalue weighted by molar-refractivity contribution is 7.99. The Hall–Kier alpha value is -1.25. The maximum absolute atomic E-state index is 5.95. The van der Waals surface area contributed by atoms with E-state index in [1.54, 1.807) is 11.1 Å². The molecule has 0 saturated heterocycles. The first-order valence-electron chi connectivity index (χ1n) is 7.36. The zero-order valence-electron chi connectivity index (χ0n) is 11.7. The summed E-state index contributed by atoms with van der Waals surface area (Å²) in [6.07, 6.45) is 3.83. The molecule has 1 aliphatic carbocycles. The molecule has 20 heavy (non-hydrogen) atoms. The van der Waals surface area contributed by atoms with Gasteiger partial charge < -0.3 is 5.73 Å². The van der Waals surface area contributed by atoms with Crippen LogP contribution in [0.1, 0.15) is 29.0 Å². The zero-order chi connectivity index (χ0) is 13.8. The molecular weight excluding hydrogens is 262 g/mol. The summed E-state index contributed by atoms with van der Waals surface area (Å²) in [6, 6.07) is 17.6. The Morgan fingerprint density at radius 1 is 1.00 bits per heavy atom. The van der Waals surface area contributed by atoms with E-state index in [2.05, 4.69) is 48.5 Å². The highest BCUT2D eigenvalue weighted by Crippen LogP contribution is 2.30. The standard InChI is InChI=1S/C18H21NS/c19-12-17(14-5-2-1-3-6-14)13-20-18-10-9-15-7-4-8-16(15)11-18/h1-3,5-6,9-11,17H,4,7-8,12-13,19H2. The summed E-state index contributed by atoms with van der Waals surface area (Å²) >= 11 is 1.93. The fraction of sp³-hybridized carbons (Fsp3) is 0.333. The number of thioether (sulfide) groups is 1. The fourth-order valence-corrected chi connectivity index (χ4v) is 3.97. The second kappa shape index (κ2) is 6.47. The van der Waals surface area contributed by atoms with Crippen LogP contribution in [0.5, 0.6) is 0 Å². The van der Waals surface area contributed by atoms with Crippen molar-refractivity contribution >= 4 is 11.8 Å². The van der Waals surface area contributed by atoms with Gasteiger partial charge in [-0.15, -0.1) is 11.8 Å². The summed E-state index contributed by atoms with van der Waals surface area (Å²) in [7, 11) is 0. The lowest BCUT2D eigenvalue weighted by Crippen LogP contribution is -2.14. The molecule has 2 heteroatoms. The molecule has 0 bridgehead atoms. The molecule has 0 spiro atoms. The van der Waals surface area contributed by atoms with Crippen molar-refractivity contribution in [3.8, 4) is 0 Å². The van der Waals surface area contributed by atoms with E-state index in [-0.39, 0.29) is 0 Å². The van der Waals surface area contributed by atoms with Gasteiger partial charge in [0.25, 0.3) is 0 Å². The van der Waals surface area contributed by atoms with Crippen molar-refractivity contribution in [2.75, 3.05) is 12.3 Å². The Morgan fingerprint density at radius 2 is 1.80 bits per heavy atom. The summed E-state index contributed by atoms with van der Waals surface area (Å²) in [5, 5.41) is 0. The topological polar surface area (TPSA) is 26.0 Å². The molecule has 2 aromatic rings. The third-order valence-electron chi connectivity index (χ3n) is 4.08. The normalized spacial score (nSPS) is 15.1. The number of fused-ring (bicyclic) bond motifs is 1. The van der Waals surface area contributed by atoms with Crippen LogP contribution in [0.15, 0.2) is 53.4 Å².